The third-order valence-electron chi connectivity index (χ3n) is 3.60. The first kappa shape index (κ1) is 13.4. The van der Waals surface area contributed by atoms with Gasteiger partial charge in [-0.15, -0.1) is 11.6 Å². The molecule has 0 radical (unpaired) electrons. The largest absolute Gasteiger partial charge is 0.268 e. The molecule has 2 aromatic rings. The molecule has 2 nitrogen and oxygen atoms in total. The first-order valence-corrected chi connectivity index (χ1v) is 7.09. The van der Waals surface area contributed by atoms with E-state index >= 15 is 0 Å². The molecule has 0 aliphatic heterocycles. The molecule has 0 N–H and O–H groups in total. The highest BCUT2D eigenvalue weighted by molar-refractivity contribution is 6.18. The summed E-state index contributed by atoms with van der Waals surface area (Å²) in [6.45, 7) is 4.47. The van der Waals surface area contributed by atoms with Crippen LogP contribution in [0.5, 0.6) is 0 Å². The molecular weight excluding hydrogens is 244 g/mol. The van der Waals surface area contributed by atoms with E-state index in [4.69, 9.17) is 11.6 Å². The van der Waals surface area contributed by atoms with Crippen molar-refractivity contribution in [3.8, 4) is 0 Å². The van der Waals surface area contributed by atoms with Crippen molar-refractivity contribution in [2.45, 2.75) is 33.1 Å². The topological polar surface area (TPSA) is 17.8 Å². The van der Waals surface area contributed by atoms with E-state index in [1.807, 2.05) is 11.7 Å². The molecule has 0 amide bonds. The van der Waals surface area contributed by atoms with Crippen LogP contribution in [0.4, 0.5) is 0 Å². The summed E-state index contributed by atoms with van der Waals surface area (Å²) < 4.78 is 1.96. The van der Waals surface area contributed by atoms with E-state index in [9.17, 15) is 0 Å². The van der Waals surface area contributed by atoms with Crippen LogP contribution < -0.4 is 0 Å². The Hall–Kier alpha value is -1.02. The predicted octanol–water partition coefficient (Wildman–Crippen LogP) is 4.16. The van der Waals surface area contributed by atoms with Gasteiger partial charge in [0.1, 0.15) is 0 Å². The lowest BCUT2D eigenvalue weighted by Gasteiger charge is -2.25. The number of alkyl halides is 1. The Balaban J connectivity index is 2.37. The molecule has 98 valence electrons. The van der Waals surface area contributed by atoms with Crippen LogP contribution in [0.15, 0.2) is 24.3 Å². The van der Waals surface area contributed by atoms with Gasteiger partial charge in [-0.25, -0.2) is 0 Å². The second-order valence-corrected chi connectivity index (χ2v) is 5.73. The summed E-state index contributed by atoms with van der Waals surface area (Å²) in [4.78, 5) is 0. The molecule has 0 fully saturated rings. The Morgan fingerprint density at radius 1 is 1.33 bits per heavy atom. The fraction of sp³-hybridized carbons (Fsp3) is 0.533. The number of rotatable bonds is 5. The average Bonchev–Trinajstić information content (AvgIpc) is 2.67. The Labute approximate surface area is 114 Å². The summed E-state index contributed by atoms with van der Waals surface area (Å²) in [6, 6.07) is 8.40. The minimum absolute atomic E-state index is 0.146. The molecule has 1 unspecified atom stereocenters. The van der Waals surface area contributed by atoms with Crippen molar-refractivity contribution in [1.82, 2.24) is 9.78 Å². The van der Waals surface area contributed by atoms with E-state index in [-0.39, 0.29) is 5.41 Å². The third-order valence-corrected chi connectivity index (χ3v) is 4.25. The van der Waals surface area contributed by atoms with Crippen LogP contribution in [0.2, 0.25) is 0 Å². The standard InChI is InChI=1S/C15H21ClN2/c1-4-9-15(2,11-16)10-13-12-7-5-6-8-14(12)18(3)17-13/h5-8H,4,9-11H2,1-3H3. The minimum atomic E-state index is 0.146. The molecule has 18 heavy (non-hydrogen) atoms. The van der Waals surface area contributed by atoms with E-state index < -0.39 is 0 Å². The summed E-state index contributed by atoms with van der Waals surface area (Å²) in [5, 5.41) is 5.92. The number of nitrogens with zero attached hydrogens (tertiary/aromatic N) is 2. The van der Waals surface area contributed by atoms with Crippen molar-refractivity contribution in [1.29, 1.82) is 0 Å². The third kappa shape index (κ3) is 2.54. The number of aryl methyl sites for hydroxylation is 1. The SMILES string of the molecule is CCCC(C)(CCl)Cc1nn(C)c2ccccc12. The molecule has 2 rings (SSSR count). The maximum atomic E-state index is 6.16. The van der Waals surface area contributed by atoms with Crippen LogP contribution in [0.25, 0.3) is 10.9 Å². The van der Waals surface area contributed by atoms with Crippen molar-refractivity contribution >= 4 is 22.5 Å². The molecule has 0 aliphatic carbocycles. The fourth-order valence-electron chi connectivity index (χ4n) is 2.63. The summed E-state index contributed by atoms with van der Waals surface area (Å²) in [7, 11) is 2.00. The van der Waals surface area contributed by atoms with E-state index in [0.29, 0.717) is 5.88 Å². The maximum Gasteiger partial charge on any atom is 0.0709 e. The van der Waals surface area contributed by atoms with Gasteiger partial charge >= 0.3 is 0 Å². The number of hydrogen-bond acceptors (Lipinski definition) is 1. The Morgan fingerprint density at radius 2 is 2.06 bits per heavy atom. The number of hydrogen-bond donors (Lipinski definition) is 0. The Bertz CT molecular complexity index is 532. The van der Waals surface area contributed by atoms with E-state index in [2.05, 4.69) is 43.2 Å². The first-order chi connectivity index (χ1) is 8.59. The Morgan fingerprint density at radius 3 is 2.72 bits per heavy atom. The van der Waals surface area contributed by atoms with Crippen molar-refractivity contribution in [2.75, 3.05) is 5.88 Å². The van der Waals surface area contributed by atoms with Gasteiger partial charge in [0.05, 0.1) is 11.2 Å². The number of aromatic nitrogens is 2. The molecule has 0 spiro atoms. The summed E-state index contributed by atoms with van der Waals surface area (Å²) in [5.74, 6) is 0.686. The van der Waals surface area contributed by atoms with Gasteiger partial charge in [0.25, 0.3) is 0 Å². The van der Waals surface area contributed by atoms with Crippen LogP contribution in [0, 0.1) is 5.41 Å². The maximum absolute atomic E-state index is 6.16. The monoisotopic (exact) mass is 264 g/mol. The summed E-state index contributed by atoms with van der Waals surface area (Å²) in [5.41, 5.74) is 2.51. The van der Waals surface area contributed by atoms with Gasteiger partial charge in [-0.1, -0.05) is 38.5 Å². The molecule has 0 bridgehead atoms. The molecule has 1 atom stereocenters. The molecule has 1 heterocycles. The van der Waals surface area contributed by atoms with E-state index in [1.165, 1.54) is 16.6 Å². The minimum Gasteiger partial charge on any atom is -0.268 e. The lowest BCUT2D eigenvalue weighted by atomic mass is 9.82. The molecule has 3 heteroatoms. The molecule has 1 aromatic carbocycles. The average molecular weight is 265 g/mol. The van der Waals surface area contributed by atoms with E-state index in [0.717, 1.165) is 19.3 Å². The second-order valence-electron chi connectivity index (χ2n) is 5.46. The lowest BCUT2D eigenvalue weighted by molar-refractivity contribution is 0.331. The molecule has 0 aliphatic rings. The summed E-state index contributed by atoms with van der Waals surface area (Å²) in [6.07, 6.45) is 3.25. The zero-order valence-electron chi connectivity index (χ0n) is 11.4. The van der Waals surface area contributed by atoms with Crippen LogP contribution in [0.1, 0.15) is 32.4 Å². The van der Waals surface area contributed by atoms with Crippen LogP contribution in [-0.4, -0.2) is 15.7 Å². The van der Waals surface area contributed by atoms with Gasteiger partial charge in [0, 0.05) is 18.3 Å². The second kappa shape index (κ2) is 5.31. The number of halogens is 1. The highest BCUT2D eigenvalue weighted by atomic mass is 35.5. The normalized spacial score (nSPS) is 14.9. The van der Waals surface area contributed by atoms with Gasteiger partial charge in [-0.05, 0) is 24.3 Å². The smallest absolute Gasteiger partial charge is 0.0709 e. The van der Waals surface area contributed by atoms with Gasteiger partial charge in [0.2, 0.25) is 0 Å². The molecule has 0 saturated carbocycles. The van der Waals surface area contributed by atoms with Crippen LogP contribution in [0.3, 0.4) is 0 Å². The Kier molecular flexibility index (Phi) is 3.96. The van der Waals surface area contributed by atoms with Gasteiger partial charge in [-0.2, -0.15) is 5.10 Å². The van der Waals surface area contributed by atoms with Crippen molar-refractivity contribution in [2.24, 2.45) is 12.5 Å². The summed E-state index contributed by atoms with van der Waals surface area (Å²) >= 11 is 6.16. The van der Waals surface area contributed by atoms with Crippen molar-refractivity contribution in [3.05, 3.63) is 30.0 Å². The van der Waals surface area contributed by atoms with Crippen LogP contribution >= 0.6 is 11.6 Å². The number of fused-ring (bicyclic) bond motifs is 1. The number of benzene rings is 1. The zero-order chi connectivity index (χ0) is 13.2. The number of para-hydroxylation sites is 1. The van der Waals surface area contributed by atoms with Crippen LogP contribution in [-0.2, 0) is 13.5 Å². The molecule has 0 saturated heterocycles. The molecular formula is C15H21ClN2. The van der Waals surface area contributed by atoms with Gasteiger partial charge in [0.15, 0.2) is 0 Å². The van der Waals surface area contributed by atoms with Gasteiger partial charge < -0.3 is 0 Å². The van der Waals surface area contributed by atoms with E-state index in [1.54, 1.807) is 0 Å². The quantitative estimate of drug-likeness (QED) is 0.742. The predicted molar refractivity (Wildman–Crippen MR) is 78.2 cm³/mol. The highest BCUT2D eigenvalue weighted by Crippen LogP contribution is 2.31. The first-order valence-electron chi connectivity index (χ1n) is 6.56. The fourth-order valence-corrected chi connectivity index (χ4v) is 2.86. The zero-order valence-corrected chi connectivity index (χ0v) is 12.2. The molecule has 1 aromatic heterocycles. The van der Waals surface area contributed by atoms with Crippen molar-refractivity contribution in [3.63, 3.8) is 0 Å². The van der Waals surface area contributed by atoms with Gasteiger partial charge in [-0.3, -0.25) is 4.68 Å². The highest BCUT2D eigenvalue weighted by Gasteiger charge is 2.25. The van der Waals surface area contributed by atoms with Crippen molar-refractivity contribution < 1.29 is 0 Å². The lowest BCUT2D eigenvalue weighted by Crippen LogP contribution is -2.22.